The third-order valence-corrected chi connectivity index (χ3v) is 5.53. The lowest BCUT2D eigenvalue weighted by Crippen LogP contribution is -2.16. The van der Waals surface area contributed by atoms with Gasteiger partial charge in [-0.3, -0.25) is 9.59 Å². The van der Waals surface area contributed by atoms with Crippen molar-refractivity contribution in [2.24, 2.45) is 5.92 Å². The Balaban J connectivity index is 1.64. The molecule has 136 valence electrons. The van der Waals surface area contributed by atoms with Gasteiger partial charge in [-0.05, 0) is 60.0 Å². The Morgan fingerprint density at radius 2 is 2.15 bits per heavy atom. The summed E-state index contributed by atoms with van der Waals surface area (Å²) in [5.41, 5.74) is 2.65. The number of aliphatic carboxylic acids is 1. The number of carbonyl (C=O) groups is 2. The maximum atomic E-state index is 12.2. The lowest BCUT2D eigenvalue weighted by atomic mass is 9.95. The molecule has 7 nitrogen and oxygen atoms in total. The van der Waals surface area contributed by atoms with E-state index >= 15 is 0 Å². The molecule has 2 unspecified atom stereocenters. The fourth-order valence-electron chi connectivity index (χ4n) is 3.01. The zero-order valence-corrected chi connectivity index (χ0v) is 16.2. The number of aromatic nitrogens is 3. The SMILES string of the molecule is CC1c2ccc(NC(=O)CSc3nc(=S)[nH]c(=S)[nH]3)cc2CC1C(=O)O. The van der Waals surface area contributed by atoms with Crippen LogP contribution in [0.15, 0.2) is 23.4 Å². The summed E-state index contributed by atoms with van der Waals surface area (Å²) >= 11 is 11.1. The third kappa shape index (κ3) is 4.19. The molecular formula is C16H16N4O3S3. The van der Waals surface area contributed by atoms with Gasteiger partial charge in [0, 0.05) is 5.69 Å². The summed E-state index contributed by atoms with van der Waals surface area (Å²) in [5, 5.41) is 12.6. The predicted octanol–water partition coefficient (Wildman–Crippen LogP) is 3.29. The lowest BCUT2D eigenvalue weighted by Gasteiger charge is -2.10. The molecule has 0 radical (unpaired) electrons. The zero-order chi connectivity index (χ0) is 18.8. The quantitative estimate of drug-likeness (QED) is 0.444. The summed E-state index contributed by atoms with van der Waals surface area (Å²) < 4.78 is 0.617. The molecular weight excluding hydrogens is 392 g/mol. The van der Waals surface area contributed by atoms with E-state index in [1.807, 2.05) is 19.1 Å². The summed E-state index contributed by atoms with van der Waals surface area (Å²) in [7, 11) is 0. The summed E-state index contributed by atoms with van der Waals surface area (Å²) in [4.78, 5) is 33.1. The van der Waals surface area contributed by atoms with Gasteiger partial charge in [0.1, 0.15) is 0 Å². The van der Waals surface area contributed by atoms with Crippen LogP contribution in [-0.4, -0.2) is 37.7 Å². The molecule has 0 spiro atoms. The second kappa shape index (κ2) is 7.68. The van der Waals surface area contributed by atoms with Gasteiger partial charge in [-0.1, -0.05) is 24.8 Å². The number of nitrogens with one attached hydrogen (secondary N) is 3. The number of carbonyl (C=O) groups excluding carboxylic acids is 1. The normalized spacial score (nSPS) is 18.3. The average Bonchev–Trinajstić information content (AvgIpc) is 2.89. The van der Waals surface area contributed by atoms with Crippen LogP contribution in [0.5, 0.6) is 0 Å². The predicted molar refractivity (Wildman–Crippen MR) is 104 cm³/mol. The van der Waals surface area contributed by atoms with Crippen molar-refractivity contribution < 1.29 is 14.7 Å². The number of amides is 1. The van der Waals surface area contributed by atoms with Gasteiger partial charge < -0.3 is 20.4 Å². The zero-order valence-electron chi connectivity index (χ0n) is 13.7. The van der Waals surface area contributed by atoms with Crippen LogP contribution in [0, 0.1) is 15.5 Å². The number of carboxylic acid groups (broad SMARTS) is 1. The molecule has 1 aromatic carbocycles. The molecule has 3 rings (SSSR count). The molecule has 1 amide bonds. The van der Waals surface area contributed by atoms with Crippen LogP contribution in [0.1, 0.15) is 24.0 Å². The topological polar surface area (TPSA) is 111 Å². The molecule has 1 aromatic heterocycles. The summed E-state index contributed by atoms with van der Waals surface area (Å²) in [6, 6.07) is 5.54. The Hall–Kier alpha value is -2.04. The second-order valence-electron chi connectivity index (χ2n) is 5.99. The molecule has 0 bridgehead atoms. The minimum atomic E-state index is -0.790. The van der Waals surface area contributed by atoms with Gasteiger partial charge in [-0.15, -0.1) is 0 Å². The van der Waals surface area contributed by atoms with E-state index in [4.69, 9.17) is 24.4 Å². The van der Waals surface area contributed by atoms with E-state index in [1.54, 1.807) is 6.07 Å². The Bertz CT molecular complexity index is 957. The molecule has 10 heteroatoms. The van der Waals surface area contributed by atoms with Crippen molar-refractivity contribution in [2.75, 3.05) is 11.1 Å². The molecule has 0 fully saturated rings. The number of carboxylic acids is 1. The first-order chi connectivity index (χ1) is 12.3. The molecule has 0 aliphatic heterocycles. The minimum absolute atomic E-state index is 0.0283. The van der Waals surface area contributed by atoms with Crippen LogP contribution in [0.25, 0.3) is 0 Å². The van der Waals surface area contributed by atoms with Gasteiger partial charge in [-0.25, -0.2) is 0 Å². The monoisotopic (exact) mass is 408 g/mol. The first-order valence-corrected chi connectivity index (χ1v) is 9.62. The number of benzene rings is 1. The lowest BCUT2D eigenvalue weighted by molar-refractivity contribution is -0.142. The Labute approximate surface area is 163 Å². The number of fused-ring (bicyclic) bond motifs is 1. The van der Waals surface area contributed by atoms with Crippen LogP contribution in [0.4, 0.5) is 5.69 Å². The fourth-order valence-corrected chi connectivity index (χ4v) is 4.25. The Kier molecular flexibility index (Phi) is 5.54. The van der Waals surface area contributed by atoms with Gasteiger partial charge in [0.2, 0.25) is 10.7 Å². The number of anilines is 1. The van der Waals surface area contributed by atoms with Crippen molar-refractivity contribution in [3.05, 3.63) is 38.9 Å². The van der Waals surface area contributed by atoms with Crippen molar-refractivity contribution in [3.8, 4) is 0 Å². The minimum Gasteiger partial charge on any atom is -0.481 e. The molecule has 1 aliphatic rings. The average molecular weight is 409 g/mol. The van der Waals surface area contributed by atoms with E-state index in [9.17, 15) is 14.7 Å². The molecule has 1 heterocycles. The van der Waals surface area contributed by atoms with E-state index in [-0.39, 0.29) is 22.3 Å². The van der Waals surface area contributed by atoms with E-state index in [0.29, 0.717) is 22.0 Å². The van der Waals surface area contributed by atoms with Gasteiger partial charge in [-0.2, -0.15) is 4.98 Å². The van der Waals surface area contributed by atoms with E-state index in [0.717, 1.165) is 11.1 Å². The molecule has 26 heavy (non-hydrogen) atoms. The molecule has 2 atom stereocenters. The van der Waals surface area contributed by atoms with Gasteiger partial charge >= 0.3 is 5.97 Å². The molecule has 4 N–H and O–H groups in total. The smallest absolute Gasteiger partial charge is 0.307 e. The Morgan fingerprint density at radius 1 is 1.38 bits per heavy atom. The van der Waals surface area contributed by atoms with Crippen molar-refractivity contribution in [1.29, 1.82) is 0 Å². The highest BCUT2D eigenvalue weighted by Crippen LogP contribution is 2.38. The standard InChI is InChI=1S/C16H16N4O3S3/c1-7-10-3-2-9(4-8(10)5-11(7)13(22)23)17-12(21)6-26-16-19-14(24)18-15(25)20-16/h2-4,7,11H,5-6H2,1H3,(H,17,21)(H,22,23)(H2,18,19,20,24,25). The number of aromatic amines is 2. The third-order valence-electron chi connectivity index (χ3n) is 4.26. The summed E-state index contributed by atoms with van der Waals surface area (Å²) in [5.74, 6) is -1.29. The molecule has 1 aliphatic carbocycles. The molecule has 0 saturated carbocycles. The molecule has 2 aromatic rings. The van der Waals surface area contributed by atoms with E-state index in [1.165, 1.54) is 11.8 Å². The number of nitrogens with zero attached hydrogens (tertiary/aromatic N) is 1. The van der Waals surface area contributed by atoms with E-state index < -0.39 is 11.9 Å². The van der Waals surface area contributed by atoms with Crippen LogP contribution in [0.3, 0.4) is 0 Å². The van der Waals surface area contributed by atoms with Crippen LogP contribution in [0.2, 0.25) is 0 Å². The number of rotatable bonds is 5. The first-order valence-electron chi connectivity index (χ1n) is 7.82. The number of H-pyrrole nitrogens is 2. The van der Waals surface area contributed by atoms with Gasteiger partial charge in [0.05, 0.1) is 11.7 Å². The number of thioether (sulfide) groups is 1. The van der Waals surface area contributed by atoms with Crippen LogP contribution < -0.4 is 5.32 Å². The maximum absolute atomic E-state index is 12.2. The second-order valence-corrected chi connectivity index (χ2v) is 7.75. The highest BCUT2D eigenvalue weighted by atomic mass is 32.2. The van der Waals surface area contributed by atoms with Gasteiger partial charge in [0.25, 0.3) is 0 Å². The summed E-state index contributed by atoms with van der Waals surface area (Å²) in [6.45, 7) is 1.92. The highest BCUT2D eigenvalue weighted by Gasteiger charge is 2.34. The van der Waals surface area contributed by atoms with Crippen molar-refractivity contribution in [3.63, 3.8) is 0 Å². The van der Waals surface area contributed by atoms with Crippen molar-refractivity contribution >= 4 is 53.8 Å². The van der Waals surface area contributed by atoms with Gasteiger partial charge in [0.15, 0.2) is 9.93 Å². The van der Waals surface area contributed by atoms with Crippen molar-refractivity contribution in [1.82, 2.24) is 15.0 Å². The largest absolute Gasteiger partial charge is 0.481 e. The maximum Gasteiger partial charge on any atom is 0.307 e. The fraction of sp³-hybridized carbons (Fsp3) is 0.312. The van der Waals surface area contributed by atoms with E-state index in [2.05, 4.69) is 20.3 Å². The van der Waals surface area contributed by atoms with Crippen LogP contribution in [-0.2, 0) is 16.0 Å². The van der Waals surface area contributed by atoms with Crippen molar-refractivity contribution in [2.45, 2.75) is 24.4 Å². The van der Waals surface area contributed by atoms with Crippen LogP contribution >= 0.6 is 36.2 Å². The number of hydrogen-bond acceptors (Lipinski definition) is 6. The summed E-state index contributed by atoms with van der Waals surface area (Å²) in [6.07, 6.45) is 0.479. The Morgan fingerprint density at radius 3 is 2.85 bits per heavy atom. The first kappa shape index (κ1) is 18.7. The highest BCUT2D eigenvalue weighted by molar-refractivity contribution is 7.99. The number of hydrogen-bond donors (Lipinski definition) is 4. The molecule has 0 saturated heterocycles.